The van der Waals surface area contributed by atoms with Crippen LogP contribution in [0.25, 0.3) is 0 Å². The van der Waals surface area contributed by atoms with Crippen LogP contribution in [0.15, 0.2) is 29.3 Å². The van der Waals surface area contributed by atoms with Gasteiger partial charge in [0.25, 0.3) is 0 Å². The van der Waals surface area contributed by atoms with E-state index in [1.807, 2.05) is 32.9 Å². The summed E-state index contributed by atoms with van der Waals surface area (Å²) in [7, 11) is 1.76. The quantitative estimate of drug-likeness (QED) is 0.438. The molecule has 1 aromatic rings. The van der Waals surface area contributed by atoms with Crippen LogP contribution in [0.4, 0.5) is 0 Å². The fourth-order valence-electron chi connectivity index (χ4n) is 1.75. The largest absolute Gasteiger partial charge is 0.491 e. The van der Waals surface area contributed by atoms with Crippen molar-refractivity contribution in [1.29, 1.82) is 0 Å². The Morgan fingerprint density at radius 1 is 1.19 bits per heavy atom. The molecule has 2 N–H and O–H groups in total. The maximum Gasteiger partial charge on any atom is 0.191 e. The molecular weight excluding hydrogens is 266 g/mol. The molecule has 0 atom stereocenters. The average Bonchev–Trinajstić information content (AvgIpc) is 2.47. The van der Waals surface area contributed by atoms with E-state index in [2.05, 4.69) is 27.8 Å². The predicted molar refractivity (Wildman–Crippen MR) is 86.9 cm³/mol. The van der Waals surface area contributed by atoms with Crippen LogP contribution < -0.4 is 15.4 Å². The first-order valence-electron chi connectivity index (χ1n) is 7.43. The van der Waals surface area contributed by atoms with E-state index in [4.69, 9.17) is 9.47 Å². The summed E-state index contributed by atoms with van der Waals surface area (Å²) in [5.41, 5.74) is 1.18. The summed E-state index contributed by atoms with van der Waals surface area (Å²) in [6.45, 7) is 8.91. The zero-order valence-electron chi connectivity index (χ0n) is 13.5. The van der Waals surface area contributed by atoms with E-state index in [9.17, 15) is 0 Å². The van der Waals surface area contributed by atoms with Crippen LogP contribution in [0.1, 0.15) is 26.3 Å². The molecule has 0 aliphatic carbocycles. The van der Waals surface area contributed by atoms with E-state index in [1.54, 1.807) is 7.05 Å². The number of benzene rings is 1. The van der Waals surface area contributed by atoms with Gasteiger partial charge in [-0.05, 0) is 38.5 Å². The smallest absolute Gasteiger partial charge is 0.191 e. The lowest BCUT2D eigenvalue weighted by Gasteiger charge is -2.13. The number of nitrogens with one attached hydrogen (secondary N) is 2. The van der Waals surface area contributed by atoms with Gasteiger partial charge in [-0.3, -0.25) is 4.99 Å². The van der Waals surface area contributed by atoms with E-state index >= 15 is 0 Å². The van der Waals surface area contributed by atoms with Gasteiger partial charge in [0.15, 0.2) is 5.96 Å². The van der Waals surface area contributed by atoms with Gasteiger partial charge in [0.05, 0.1) is 12.7 Å². The van der Waals surface area contributed by atoms with Crippen molar-refractivity contribution < 1.29 is 9.47 Å². The Balaban J connectivity index is 2.35. The van der Waals surface area contributed by atoms with E-state index < -0.39 is 0 Å². The zero-order chi connectivity index (χ0) is 15.5. The lowest BCUT2D eigenvalue weighted by atomic mass is 10.2. The van der Waals surface area contributed by atoms with E-state index in [1.165, 1.54) is 5.56 Å². The minimum Gasteiger partial charge on any atom is -0.491 e. The van der Waals surface area contributed by atoms with Crippen molar-refractivity contribution in [3.63, 3.8) is 0 Å². The van der Waals surface area contributed by atoms with Crippen LogP contribution in [-0.4, -0.2) is 38.9 Å². The maximum absolute atomic E-state index is 5.62. The molecule has 0 aliphatic heterocycles. The minimum atomic E-state index is 0.197. The summed E-state index contributed by atoms with van der Waals surface area (Å²) in [6.07, 6.45) is 0.197. The van der Waals surface area contributed by atoms with Gasteiger partial charge in [-0.25, -0.2) is 0 Å². The van der Waals surface area contributed by atoms with Gasteiger partial charge in [0.1, 0.15) is 5.75 Å². The molecule has 5 nitrogen and oxygen atoms in total. The number of aliphatic imine (C=N–C) groups is 1. The van der Waals surface area contributed by atoms with Crippen molar-refractivity contribution in [1.82, 2.24) is 10.6 Å². The first-order chi connectivity index (χ1) is 10.2. The summed E-state index contributed by atoms with van der Waals surface area (Å²) in [6, 6.07) is 8.08. The molecule has 0 spiro atoms. The van der Waals surface area contributed by atoms with Gasteiger partial charge in [-0.2, -0.15) is 0 Å². The molecule has 0 bridgehead atoms. The second-order valence-electron chi connectivity index (χ2n) is 4.86. The summed E-state index contributed by atoms with van der Waals surface area (Å²) < 4.78 is 10.9. The minimum absolute atomic E-state index is 0.197. The summed E-state index contributed by atoms with van der Waals surface area (Å²) in [5.74, 6) is 1.67. The number of hydrogen-bond acceptors (Lipinski definition) is 3. The van der Waals surface area contributed by atoms with Crippen LogP contribution in [0, 0.1) is 0 Å². The molecule has 5 heteroatoms. The summed E-state index contributed by atoms with van der Waals surface area (Å²) >= 11 is 0. The SMILES string of the molecule is CCOCCNC(=NC)NCc1ccc(OC(C)C)cc1. The monoisotopic (exact) mass is 293 g/mol. The third-order valence-electron chi connectivity index (χ3n) is 2.72. The highest BCUT2D eigenvalue weighted by atomic mass is 16.5. The van der Waals surface area contributed by atoms with Crippen LogP contribution in [0.3, 0.4) is 0 Å². The topological polar surface area (TPSA) is 54.9 Å². The highest BCUT2D eigenvalue weighted by Crippen LogP contribution is 2.13. The van der Waals surface area contributed by atoms with E-state index in [0.717, 1.165) is 31.4 Å². The molecule has 0 aromatic heterocycles. The molecule has 0 amide bonds. The maximum atomic E-state index is 5.62. The van der Waals surface area contributed by atoms with Crippen molar-refractivity contribution in [2.45, 2.75) is 33.4 Å². The Morgan fingerprint density at radius 2 is 1.90 bits per heavy atom. The molecule has 1 aromatic carbocycles. The van der Waals surface area contributed by atoms with Crippen LogP contribution in [0.2, 0.25) is 0 Å². The number of guanidine groups is 1. The Labute approximate surface area is 127 Å². The second kappa shape index (κ2) is 10.0. The molecule has 1 rings (SSSR count). The third kappa shape index (κ3) is 7.56. The van der Waals surface area contributed by atoms with Gasteiger partial charge >= 0.3 is 0 Å². The van der Waals surface area contributed by atoms with Gasteiger partial charge in [0, 0.05) is 26.7 Å². The molecule has 0 saturated carbocycles. The molecule has 0 heterocycles. The van der Waals surface area contributed by atoms with Crippen molar-refractivity contribution >= 4 is 5.96 Å². The first kappa shape index (κ1) is 17.3. The molecule has 0 fully saturated rings. The normalized spacial score (nSPS) is 11.6. The van der Waals surface area contributed by atoms with Crippen LogP contribution in [-0.2, 0) is 11.3 Å². The molecule has 21 heavy (non-hydrogen) atoms. The van der Waals surface area contributed by atoms with Crippen LogP contribution >= 0.6 is 0 Å². The first-order valence-corrected chi connectivity index (χ1v) is 7.43. The van der Waals surface area contributed by atoms with E-state index in [-0.39, 0.29) is 6.10 Å². The number of nitrogens with zero attached hydrogens (tertiary/aromatic N) is 1. The zero-order valence-corrected chi connectivity index (χ0v) is 13.5. The number of rotatable bonds is 8. The highest BCUT2D eigenvalue weighted by molar-refractivity contribution is 5.79. The van der Waals surface area contributed by atoms with Gasteiger partial charge in [0.2, 0.25) is 0 Å². The fourth-order valence-corrected chi connectivity index (χ4v) is 1.75. The van der Waals surface area contributed by atoms with Crippen molar-refractivity contribution in [3.05, 3.63) is 29.8 Å². The molecule has 118 valence electrons. The molecule has 0 aliphatic rings. The third-order valence-corrected chi connectivity index (χ3v) is 2.72. The van der Waals surface area contributed by atoms with E-state index in [0.29, 0.717) is 6.61 Å². The Hall–Kier alpha value is -1.75. The van der Waals surface area contributed by atoms with Gasteiger partial charge in [-0.15, -0.1) is 0 Å². The molecule has 0 radical (unpaired) electrons. The number of ether oxygens (including phenoxy) is 2. The Bertz CT molecular complexity index is 416. The van der Waals surface area contributed by atoms with Crippen LogP contribution in [0.5, 0.6) is 5.75 Å². The second-order valence-corrected chi connectivity index (χ2v) is 4.86. The average molecular weight is 293 g/mol. The summed E-state index contributed by atoms with van der Waals surface area (Å²) in [5, 5.41) is 6.47. The lowest BCUT2D eigenvalue weighted by molar-refractivity contribution is 0.152. The molecule has 0 saturated heterocycles. The number of hydrogen-bond donors (Lipinski definition) is 2. The Morgan fingerprint density at radius 3 is 2.48 bits per heavy atom. The standard InChI is InChI=1S/C16H27N3O2/c1-5-20-11-10-18-16(17-4)19-12-14-6-8-15(9-7-14)21-13(2)3/h6-9,13H,5,10-12H2,1-4H3,(H2,17,18,19). The molecule has 0 unspecified atom stereocenters. The highest BCUT2D eigenvalue weighted by Gasteiger charge is 2.00. The fraction of sp³-hybridized carbons (Fsp3) is 0.562. The summed E-state index contributed by atoms with van der Waals surface area (Å²) in [4.78, 5) is 4.17. The lowest BCUT2D eigenvalue weighted by Crippen LogP contribution is -2.38. The van der Waals surface area contributed by atoms with Crippen molar-refractivity contribution in [2.75, 3.05) is 26.8 Å². The molecular formula is C16H27N3O2. The van der Waals surface area contributed by atoms with Gasteiger partial charge in [-0.1, -0.05) is 12.1 Å². The Kier molecular flexibility index (Phi) is 8.28. The van der Waals surface area contributed by atoms with Crippen molar-refractivity contribution in [2.24, 2.45) is 4.99 Å². The van der Waals surface area contributed by atoms with Gasteiger partial charge < -0.3 is 20.1 Å². The predicted octanol–water partition coefficient (Wildman–Crippen LogP) is 2.18. The van der Waals surface area contributed by atoms with Crippen molar-refractivity contribution in [3.8, 4) is 5.75 Å².